The van der Waals surface area contributed by atoms with Crippen molar-refractivity contribution in [3.05, 3.63) is 12.2 Å². The predicted octanol–water partition coefficient (Wildman–Crippen LogP) is 0.886. The molecule has 4 nitrogen and oxygen atoms in total. The molecule has 0 heterocycles. The van der Waals surface area contributed by atoms with E-state index >= 15 is 0 Å². The minimum atomic E-state index is -0.837. The molecule has 0 aliphatic carbocycles. The van der Waals surface area contributed by atoms with Gasteiger partial charge in [0.05, 0.1) is 0 Å². The Morgan fingerprint density at radius 3 is 2.38 bits per heavy atom. The third-order valence-corrected chi connectivity index (χ3v) is 1.60. The minimum Gasteiger partial charge on any atom is -0.481 e. The molecule has 0 aromatic heterocycles. The molecule has 0 radical (unpaired) electrons. The smallest absolute Gasteiger partial charge is 0.303 e. The fourth-order valence-corrected chi connectivity index (χ4v) is 0.895. The highest BCUT2D eigenvalue weighted by Gasteiger charge is 2.08. The molecule has 0 spiro atoms. The summed E-state index contributed by atoms with van der Waals surface area (Å²) < 4.78 is 0. The van der Waals surface area contributed by atoms with Crippen molar-refractivity contribution < 1.29 is 14.7 Å². The van der Waals surface area contributed by atoms with E-state index in [1.807, 2.05) is 0 Å². The maximum atomic E-state index is 11.2. The molecule has 13 heavy (non-hydrogen) atoms. The number of likely N-dealkylation sites (N-methyl/N-ethyl adjacent to an activating group) is 1. The Labute approximate surface area is 77.8 Å². The van der Waals surface area contributed by atoms with Gasteiger partial charge in [-0.1, -0.05) is 6.58 Å². The fourth-order valence-electron chi connectivity index (χ4n) is 0.895. The Balaban J connectivity index is 3.74. The van der Waals surface area contributed by atoms with E-state index < -0.39 is 5.97 Å². The molecular formula is C9H15NO3. The van der Waals surface area contributed by atoms with Gasteiger partial charge in [-0.15, -0.1) is 0 Å². The van der Waals surface area contributed by atoms with Crippen LogP contribution in [0.3, 0.4) is 0 Å². The average Bonchev–Trinajstić information content (AvgIpc) is 2.02. The van der Waals surface area contributed by atoms with Gasteiger partial charge in [-0.2, -0.15) is 0 Å². The Hall–Kier alpha value is -1.32. The van der Waals surface area contributed by atoms with E-state index in [0.717, 1.165) is 0 Å². The molecule has 0 rings (SSSR count). The lowest BCUT2D eigenvalue weighted by Gasteiger charge is -2.16. The van der Waals surface area contributed by atoms with E-state index in [1.165, 1.54) is 4.90 Å². The summed E-state index contributed by atoms with van der Waals surface area (Å²) in [7, 11) is 1.64. The molecule has 0 fully saturated rings. The lowest BCUT2D eigenvalue weighted by Crippen LogP contribution is -2.28. The molecule has 0 saturated heterocycles. The fraction of sp³-hybridized carbons (Fsp3) is 0.556. The summed E-state index contributed by atoms with van der Waals surface area (Å²) in [6.45, 7) is 5.60. The molecule has 74 valence electrons. The average molecular weight is 185 g/mol. The Bertz CT molecular complexity index is 223. The van der Waals surface area contributed by atoms with Crippen molar-refractivity contribution in [1.29, 1.82) is 0 Å². The van der Waals surface area contributed by atoms with E-state index in [0.29, 0.717) is 18.5 Å². The van der Waals surface area contributed by atoms with Gasteiger partial charge in [-0.05, 0) is 13.3 Å². The van der Waals surface area contributed by atoms with Gasteiger partial charge in [0, 0.05) is 25.6 Å². The topological polar surface area (TPSA) is 57.6 Å². The van der Waals surface area contributed by atoms with Crippen LogP contribution in [0.25, 0.3) is 0 Å². The number of hydrogen-bond donors (Lipinski definition) is 1. The quantitative estimate of drug-likeness (QED) is 0.647. The number of amides is 1. The van der Waals surface area contributed by atoms with Crippen molar-refractivity contribution in [3.63, 3.8) is 0 Å². The number of carbonyl (C=O) groups excluding carboxylic acids is 1. The molecule has 0 aliphatic heterocycles. The van der Waals surface area contributed by atoms with Gasteiger partial charge in [-0.3, -0.25) is 9.59 Å². The molecule has 4 heteroatoms. The zero-order valence-corrected chi connectivity index (χ0v) is 8.04. The molecule has 0 bridgehead atoms. The summed E-state index contributed by atoms with van der Waals surface area (Å²) in [6.07, 6.45) is 0.568. The third-order valence-electron chi connectivity index (χ3n) is 1.60. The number of carbonyl (C=O) groups is 2. The summed E-state index contributed by atoms with van der Waals surface area (Å²) in [4.78, 5) is 22.8. The van der Waals surface area contributed by atoms with E-state index in [1.54, 1.807) is 14.0 Å². The maximum Gasteiger partial charge on any atom is 0.303 e. The highest BCUT2D eigenvalue weighted by atomic mass is 16.4. The van der Waals surface area contributed by atoms with Crippen LogP contribution in [-0.4, -0.2) is 35.5 Å². The first-order chi connectivity index (χ1) is 5.95. The molecule has 1 N–H and O–H groups in total. The largest absolute Gasteiger partial charge is 0.481 e. The van der Waals surface area contributed by atoms with Gasteiger partial charge in [0.25, 0.3) is 0 Å². The lowest BCUT2D eigenvalue weighted by atomic mass is 10.2. The SMILES string of the molecule is C=C(C)C(=O)N(C)CCCC(=O)O. The number of rotatable bonds is 5. The molecule has 1 amide bonds. The summed E-state index contributed by atoms with van der Waals surface area (Å²) in [5.41, 5.74) is 0.470. The minimum absolute atomic E-state index is 0.0911. The van der Waals surface area contributed by atoms with Crippen molar-refractivity contribution >= 4 is 11.9 Å². The monoisotopic (exact) mass is 185 g/mol. The maximum absolute atomic E-state index is 11.2. The third kappa shape index (κ3) is 5.00. The number of carboxylic acids is 1. The van der Waals surface area contributed by atoms with Crippen LogP contribution >= 0.6 is 0 Å². The van der Waals surface area contributed by atoms with E-state index in [2.05, 4.69) is 6.58 Å². The second kappa shape index (κ2) is 5.35. The molecule has 0 aromatic carbocycles. The Morgan fingerprint density at radius 2 is 2.00 bits per heavy atom. The summed E-state index contributed by atoms with van der Waals surface area (Å²) >= 11 is 0. The standard InChI is InChI=1S/C9H15NO3/c1-7(2)9(13)10(3)6-4-5-8(11)12/h1,4-6H2,2-3H3,(H,11,12). The zero-order chi connectivity index (χ0) is 10.4. The van der Waals surface area contributed by atoms with Crippen molar-refractivity contribution in [2.45, 2.75) is 19.8 Å². The number of aliphatic carboxylic acids is 1. The molecule has 0 aliphatic rings. The lowest BCUT2D eigenvalue weighted by molar-refractivity contribution is -0.137. The van der Waals surface area contributed by atoms with Gasteiger partial charge in [0.15, 0.2) is 0 Å². The van der Waals surface area contributed by atoms with Gasteiger partial charge in [-0.25, -0.2) is 0 Å². The van der Waals surface area contributed by atoms with Crippen LogP contribution in [0.5, 0.6) is 0 Å². The predicted molar refractivity (Wildman–Crippen MR) is 49.3 cm³/mol. The van der Waals surface area contributed by atoms with Gasteiger partial charge in [0.2, 0.25) is 5.91 Å². The normalized spacial score (nSPS) is 9.38. The molecule has 0 aromatic rings. The van der Waals surface area contributed by atoms with Gasteiger partial charge < -0.3 is 10.0 Å². The number of nitrogens with zero attached hydrogens (tertiary/aromatic N) is 1. The Morgan fingerprint density at radius 1 is 1.46 bits per heavy atom. The van der Waals surface area contributed by atoms with E-state index in [-0.39, 0.29) is 12.3 Å². The number of carboxylic acid groups (broad SMARTS) is 1. The van der Waals surface area contributed by atoms with Gasteiger partial charge in [0.1, 0.15) is 0 Å². The van der Waals surface area contributed by atoms with Crippen molar-refractivity contribution in [3.8, 4) is 0 Å². The molecule has 0 unspecified atom stereocenters. The van der Waals surface area contributed by atoms with Crippen LogP contribution < -0.4 is 0 Å². The molecular weight excluding hydrogens is 170 g/mol. The van der Waals surface area contributed by atoms with Crippen molar-refractivity contribution in [1.82, 2.24) is 4.90 Å². The second-order valence-electron chi connectivity index (χ2n) is 3.00. The Kier molecular flexibility index (Phi) is 4.80. The van der Waals surface area contributed by atoms with Crippen LogP contribution in [0.1, 0.15) is 19.8 Å². The second-order valence-corrected chi connectivity index (χ2v) is 3.00. The van der Waals surface area contributed by atoms with Crippen LogP contribution in [-0.2, 0) is 9.59 Å². The highest BCUT2D eigenvalue weighted by Crippen LogP contribution is 1.98. The summed E-state index contributed by atoms with van der Waals surface area (Å²) in [6, 6.07) is 0. The first kappa shape index (κ1) is 11.7. The van der Waals surface area contributed by atoms with Gasteiger partial charge >= 0.3 is 5.97 Å². The summed E-state index contributed by atoms with van der Waals surface area (Å²) in [5, 5.41) is 8.35. The van der Waals surface area contributed by atoms with Crippen LogP contribution in [0.4, 0.5) is 0 Å². The van der Waals surface area contributed by atoms with Crippen LogP contribution in [0, 0.1) is 0 Å². The zero-order valence-electron chi connectivity index (χ0n) is 8.04. The highest BCUT2D eigenvalue weighted by molar-refractivity contribution is 5.91. The molecule has 0 atom stereocenters. The van der Waals surface area contributed by atoms with E-state index in [4.69, 9.17) is 5.11 Å². The summed E-state index contributed by atoms with van der Waals surface area (Å²) in [5.74, 6) is -0.971. The molecule has 0 saturated carbocycles. The number of hydrogen-bond acceptors (Lipinski definition) is 2. The van der Waals surface area contributed by atoms with Crippen LogP contribution in [0.15, 0.2) is 12.2 Å². The van der Waals surface area contributed by atoms with Crippen molar-refractivity contribution in [2.75, 3.05) is 13.6 Å². The first-order valence-electron chi connectivity index (χ1n) is 4.08. The van der Waals surface area contributed by atoms with E-state index in [9.17, 15) is 9.59 Å². The first-order valence-corrected chi connectivity index (χ1v) is 4.08. The van der Waals surface area contributed by atoms with Crippen molar-refractivity contribution in [2.24, 2.45) is 0 Å². The van der Waals surface area contributed by atoms with Crippen LogP contribution in [0.2, 0.25) is 0 Å².